The van der Waals surface area contributed by atoms with Crippen molar-refractivity contribution >= 4 is 34.7 Å². The summed E-state index contributed by atoms with van der Waals surface area (Å²) in [5.41, 5.74) is 3.82. The normalized spacial score (nSPS) is 16.5. The van der Waals surface area contributed by atoms with Crippen molar-refractivity contribution in [3.05, 3.63) is 70.4 Å². The van der Waals surface area contributed by atoms with Gasteiger partial charge < -0.3 is 9.64 Å². The summed E-state index contributed by atoms with van der Waals surface area (Å²) in [6, 6.07) is 15.2. The van der Waals surface area contributed by atoms with Crippen LogP contribution in [0.1, 0.15) is 30.9 Å². The number of aryl methyl sites for hydroxylation is 1. The third-order valence-corrected chi connectivity index (χ3v) is 5.78. The Bertz CT molecular complexity index is 984. The van der Waals surface area contributed by atoms with Crippen molar-refractivity contribution in [2.75, 3.05) is 31.2 Å². The number of anilines is 1. The fourth-order valence-electron chi connectivity index (χ4n) is 4.13. The van der Waals surface area contributed by atoms with Crippen LogP contribution in [0.5, 0.6) is 0 Å². The second-order valence-electron chi connectivity index (χ2n) is 7.43. The van der Waals surface area contributed by atoms with Crippen LogP contribution >= 0.6 is 11.6 Å². The molecule has 2 aromatic carbocycles. The Morgan fingerprint density at radius 3 is 2.57 bits per heavy atom. The monoisotopic (exact) mass is 424 g/mol. The number of hydrogen-bond acceptors (Lipinski definition) is 4. The maximum absolute atomic E-state index is 13.5. The molecular weight excluding hydrogens is 400 g/mol. The van der Waals surface area contributed by atoms with Gasteiger partial charge in [0, 0.05) is 37.0 Å². The van der Waals surface area contributed by atoms with E-state index in [4.69, 9.17) is 16.3 Å². The number of carbonyl (C=O) groups excluding carboxylic acids is 2. The summed E-state index contributed by atoms with van der Waals surface area (Å²) in [5, 5.41) is 0.592. The zero-order valence-corrected chi connectivity index (χ0v) is 17.8. The lowest BCUT2D eigenvalue weighted by atomic mass is 9.98. The number of nitrogens with zero attached hydrogens (tertiary/aromatic N) is 2. The second kappa shape index (κ2) is 9.02. The van der Waals surface area contributed by atoms with Gasteiger partial charge in [0.25, 0.3) is 11.8 Å². The average Bonchev–Trinajstić information content (AvgIpc) is 3.01. The summed E-state index contributed by atoms with van der Waals surface area (Å²) < 4.78 is 5.39. The van der Waals surface area contributed by atoms with Gasteiger partial charge in [0.15, 0.2) is 0 Å². The molecule has 30 heavy (non-hydrogen) atoms. The average molecular weight is 425 g/mol. The second-order valence-corrected chi connectivity index (χ2v) is 7.86. The summed E-state index contributed by atoms with van der Waals surface area (Å²) in [6.45, 7) is 4.11. The molecule has 0 unspecified atom stereocenters. The molecule has 2 aliphatic rings. The predicted molar refractivity (Wildman–Crippen MR) is 118 cm³/mol. The highest BCUT2D eigenvalue weighted by Gasteiger charge is 2.42. The van der Waals surface area contributed by atoms with Crippen molar-refractivity contribution in [2.24, 2.45) is 0 Å². The minimum Gasteiger partial charge on any atom is -0.382 e. The molecule has 156 valence electrons. The third kappa shape index (κ3) is 3.87. The molecule has 0 N–H and O–H groups in total. The number of imide groups is 1. The number of ether oxygens (including phenoxy) is 1. The van der Waals surface area contributed by atoms with Crippen LogP contribution in [-0.2, 0) is 20.7 Å². The Balaban J connectivity index is 1.76. The van der Waals surface area contributed by atoms with E-state index in [1.807, 2.05) is 42.2 Å². The van der Waals surface area contributed by atoms with Crippen LogP contribution in [0.2, 0.25) is 5.02 Å². The quantitative estimate of drug-likeness (QED) is 0.491. The van der Waals surface area contributed by atoms with Crippen LogP contribution in [0.4, 0.5) is 5.69 Å². The number of fused-ring (bicyclic) bond motifs is 1. The molecule has 0 spiro atoms. The lowest BCUT2D eigenvalue weighted by molar-refractivity contribution is -0.137. The summed E-state index contributed by atoms with van der Waals surface area (Å²) in [7, 11) is 0. The molecule has 2 amide bonds. The number of carbonyl (C=O) groups is 2. The number of para-hydroxylation sites is 1. The van der Waals surface area contributed by atoms with Gasteiger partial charge in [-0.1, -0.05) is 41.9 Å². The molecule has 2 aliphatic heterocycles. The molecule has 2 aromatic rings. The molecule has 0 fully saturated rings. The minimum atomic E-state index is -0.253. The van der Waals surface area contributed by atoms with E-state index < -0.39 is 0 Å². The van der Waals surface area contributed by atoms with Crippen LogP contribution < -0.4 is 4.90 Å². The van der Waals surface area contributed by atoms with E-state index >= 15 is 0 Å². The van der Waals surface area contributed by atoms with Crippen molar-refractivity contribution < 1.29 is 14.3 Å². The van der Waals surface area contributed by atoms with E-state index in [1.54, 1.807) is 12.1 Å². The first-order chi connectivity index (χ1) is 14.6. The van der Waals surface area contributed by atoms with Crippen molar-refractivity contribution in [1.82, 2.24) is 4.90 Å². The highest BCUT2D eigenvalue weighted by atomic mass is 35.5. The first-order valence-corrected chi connectivity index (χ1v) is 10.8. The van der Waals surface area contributed by atoms with Crippen molar-refractivity contribution in [3.8, 4) is 0 Å². The van der Waals surface area contributed by atoms with Gasteiger partial charge in [-0.3, -0.25) is 14.5 Å². The van der Waals surface area contributed by atoms with Crippen LogP contribution in [0.15, 0.2) is 54.2 Å². The van der Waals surface area contributed by atoms with E-state index in [2.05, 4.69) is 6.07 Å². The van der Waals surface area contributed by atoms with E-state index in [-0.39, 0.29) is 11.8 Å². The van der Waals surface area contributed by atoms with E-state index in [1.165, 1.54) is 10.5 Å². The molecule has 6 heteroatoms. The molecular formula is C24H25ClN2O3. The van der Waals surface area contributed by atoms with Gasteiger partial charge in [-0.15, -0.1) is 0 Å². The number of halogens is 1. The number of hydrogen-bond donors (Lipinski definition) is 0. The van der Waals surface area contributed by atoms with Gasteiger partial charge in [-0.2, -0.15) is 0 Å². The van der Waals surface area contributed by atoms with Crippen LogP contribution in [0, 0.1) is 0 Å². The van der Waals surface area contributed by atoms with E-state index in [0.717, 1.165) is 18.5 Å². The summed E-state index contributed by atoms with van der Waals surface area (Å²) in [5.74, 6) is -0.491. The van der Waals surface area contributed by atoms with Gasteiger partial charge in [0.1, 0.15) is 5.70 Å². The molecule has 0 radical (unpaired) electrons. The van der Waals surface area contributed by atoms with Crippen LogP contribution in [0.3, 0.4) is 0 Å². The molecule has 0 aliphatic carbocycles. The Hall–Kier alpha value is -2.63. The Kier molecular flexibility index (Phi) is 6.21. The number of amides is 2. The lowest BCUT2D eigenvalue weighted by Crippen LogP contribution is -2.37. The van der Waals surface area contributed by atoms with Crippen LogP contribution in [0.25, 0.3) is 5.57 Å². The smallest absolute Gasteiger partial charge is 0.278 e. The fourth-order valence-corrected chi connectivity index (χ4v) is 4.25. The maximum atomic E-state index is 13.5. The molecule has 0 bridgehead atoms. The Labute approximate surface area is 181 Å². The highest BCUT2D eigenvalue weighted by Crippen LogP contribution is 2.38. The van der Waals surface area contributed by atoms with E-state index in [9.17, 15) is 9.59 Å². The van der Waals surface area contributed by atoms with Gasteiger partial charge in [-0.05, 0) is 55.5 Å². The molecule has 0 aromatic heterocycles. The predicted octanol–water partition coefficient (Wildman–Crippen LogP) is 4.30. The highest BCUT2D eigenvalue weighted by molar-refractivity contribution is 6.37. The standard InChI is InChI=1S/C24H25ClN2O3/c1-2-30-16-6-15-27-23(28)21(18-10-12-19(25)13-11-18)22(24(27)29)26-14-5-8-17-7-3-4-9-20(17)26/h3-4,7,9-13H,2,5-6,8,14-16H2,1H3. The molecule has 0 atom stereocenters. The van der Waals surface area contributed by atoms with Gasteiger partial charge in [-0.25, -0.2) is 0 Å². The number of benzene rings is 2. The molecule has 5 nitrogen and oxygen atoms in total. The van der Waals surface area contributed by atoms with Crippen molar-refractivity contribution in [1.29, 1.82) is 0 Å². The molecule has 0 saturated carbocycles. The minimum absolute atomic E-state index is 0.238. The molecule has 2 heterocycles. The molecule has 4 rings (SSSR count). The Morgan fingerprint density at radius 1 is 1.03 bits per heavy atom. The fraction of sp³-hybridized carbons (Fsp3) is 0.333. The van der Waals surface area contributed by atoms with E-state index in [0.29, 0.717) is 54.6 Å². The largest absolute Gasteiger partial charge is 0.382 e. The van der Waals surface area contributed by atoms with Gasteiger partial charge in [0.2, 0.25) is 0 Å². The topological polar surface area (TPSA) is 49.9 Å². The van der Waals surface area contributed by atoms with Gasteiger partial charge >= 0.3 is 0 Å². The zero-order valence-electron chi connectivity index (χ0n) is 17.1. The lowest BCUT2D eigenvalue weighted by Gasteiger charge is -2.32. The zero-order chi connectivity index (χ0) is 21.1. The van der Waals surface area contributed by atoms with Crippen LogP contribution in [-0.4, -0.2) is 43.0 Å². The first-order valence-electron chi connectivity index (χ1n) is 10.4. The Morgan fingerprint density at radius 2 is 1.80 bits per heavy atom. The summed E-state index contributed by atoms with van der Waals surface area (Å²) in [4.78, 5) is 30.2. The van der Waals surface area contributed by atoms with Gasteiger partial charge in [0.05, 0.1) is 5.57 Å². The first kappa shape index (κ1) is 20.6. The number of rotatable bonds is 7. The SMILES string of the molecule is CCOCCCN1C(=O)C(c2ccc(Cl)cc2)=C(N2CCCc3ccccc32)C1=O. The van der Waals surface area contributed by atoms with Crippen molar-refractivity contribution in [2.45, 2.75) is 26.2 Å². The third-order valence-electron chi connectivity index (χ3n) is 5.53. The molecule has 0 saturated heterocycles. The van der Waals surface area contributed by atoms with Crippen molar-refractivity contribution in [3.63, 3.8) is 0 Å². The summed E-state index contributed by atoms with van der Waals surface area (Å²) >= 11 is 6.06. The summed E-state index contributed by atoms with van der Waals surface area (Å²) in [6.07, 6.45) is 2.51. The maximum Gasteiger partial charge on any atom is 0.278 e.